The van der Waals surface area contributed by atoms with E-state index in [1.807, 2.05) is 43.3 Å². The van der Waals surface area contributed by atoms with Crippen molar-refractivity contribution in [3.8, 4) is 0 Å². The van der Waals surface area contributed by atoms with Gasteiger partial charge in [0.2, 0.25) is 5.91 Å². The Hall–Kier alpha value is -2.70. The standard InChI is InChI=1S/C22H27N3O3/c1-17-7-5-6-10-19(17)22(27)24-16-21(26)23-15-20(18-8-3-2-4-9-18)25-11-13-28-14-12-25/h2-10,20H,11-16H2,1H3,(H,23,26)(H,24,27). The Labute approximate surface area is 165 Å². The molecule has 2 aromatic rings. The van der Waals surface area contributed by atoms with Gasteiger partial charge in [0.1, 0.15) is 0 Å². The summed E-state index contributed by atoms with van der Waals surface area (Å²) in [4.78, 5) is 26.9. The van der Waals surface area contributed by atoms with Crippen molar-refractivity contribution in [3.63, 3.8) is 0 Å². The van der Waals surface area contributed by atoms with Crippen LogP contribution in [0.3, 0.4) is 0 Å². The van der Waals surface area contributed by atoms with Gasteiger partial charge in [-0.3, -0.25) is 14.5 Å². The molecule has 1 saturated heterocycles. The molecule has 6 nitrogen and oxygen atoms in total. The molecule has 1 aliphatic rings. The lowest BCUT2D eigenvalue weighted by Gasteiger charge is -2.35. The molecule has 1 unspecified atom stereocenters. The summed E-state index contributed by atoms with van der Waals surface area (Å²) < 4.78 is 5.45. The van der Waals surface area contributed by atoms with Gasteiger partial charge in [0, 0.05) is 25.2 Å². The molecule has 148 valence electrons. The number of hydrogen-bond donors (Lipinski definition) is 2. The monoisotopic (exact) mass is 381 g/mol. The van der Waals surface area contributed by atoms with Gasteiger partial charge in [-0.25, -0.2) is 0 Å². The zero-order valence-corrected chi connectivity index (χ0v) is 16.2. The number of ether oxygens (including phenoxy) is 1. The van der Waals surface area contributed by atoms with Crippen LogP contribution >= 0.6 is 0 Å². The first kappa shape index (κ1) is 20.0. The maximum atomic E-state index is 12.3. The average molecular weight is 381 g/mol. The van der Waals surface area contributed by atoms with E-state index >= 15 is 0 Å². The summed E-state index contributed by atoms with van der Waals surface area (Å²) in [5.74, 6) is -0.433. The molecule has 0 saturated carbocycles. The lowest BCUT2D eigenvalue weighted by molar-refractivity contribution is -0.120. The van der Waals surface area contributed by atoms with Crippen LogP contribution in [0.25, 0.3) is 0 Å². The van der Waals surface area contributed by atoms with Crippen LogP contribution in [0.15, 0.2) is 54.6 Å². The van der Waals surface area contributed by atoms with Crippen molar-refractivity contribution in [2.24, 2.45) is 0 Å². The van der Waals surface area contributed by atoms with Crippen LogP contribution < -0.4 is 10.6 Å². The van der Waals surface area contributed by atoms with E-state index in [0.29, 0.717) is 25.3 Å². The van der Waals surface area contributed by atoms with Crippen LogP contribution in [-0.4, -0.2) is 56.1 Å². The Kier molecular flexibility index (Phi) is 7.17. The predicted octanol–water partition coefficient (Wildman–Crippen LogP) is 1.91. The number of carbonyl (C=O) groups excluding carboxylic acids is 2. The summed E-state index contributed by atoms with van der Waals surface area (Å²) >= 11 is 0. The molecule has 2 N–H and O–H groups in total. The second kappa shape index (κ2) is 10.0. The van der Waals surface area contributed by atoms with Gasteiger partial charge < -0.3 is 15.4 Å². The molecule has 0 spiro atoms. The van der Waals surface area contributed by atoms with Gasteiger partial charge in [-0.05, 0) is 24.1 Å². The molecular weight excluding hydrogens is 354 g/mol. The summed E-state index contributed by atoms with van der Waals surface area (Å²) in [7, 11) is 0. The topological polar surface area (TPSA) is 70.7 Å². The average Bonchev–Trinajstić information content (AvgIpc) is 2.74. The highest BCUT2D eigenvalue weighted by Crippen LogP contribution is 2.20. The molecular formula is C22H27N3O3. The third-order valence-electron chi connectivity index (χ3n) is 4.96. The molecule has 1 atom stereocenters. The number of morpholine rings is 1. The Morgan fingerprint density at radius 3 is 2.39 bits per heavy atom. The number of aryl methyl sites for hydroxylation is 1. The molecule has 6 heteroatoms. The molecule has 28 heavy (non-hydrogen) atoms. The maximum Gasteiger partial charge on any atom is 0.251 e. The number of benzene rings is 2. The second-order valence-corrected chi connectivity index (χ2v) is 6.88. The van der Waals surface area contributed by atoms with Crippen LogP contribution in [0.2, 0.25) is 0 Å². The smallest absolute Gasteiger partial charge is 0.251 e. The van der Waals surface area contributed by atoms with Gasteiger partial charge in [-0.2, -0.15) is 0 Å². The molecule has 1 heterocycles. The lowest BCUT2D eigenvalue weighted by Crippen LogP contribution is -2.45. The minimum atomic E-state index is -0.235. The first-order chi connectivity index (χ1) is 13.6. The summed E-state index contributed by atoms with van der Waals surface area (Å²) in [5.41, 5.74) is 2.64. The number of nitrogens with zero attached hydrogens (tertiary/aromatic N) is 1. The minimum Gasteiger partial charge on any atom is -0.379 e. The fraction of sp³-hybridized carbons (Fsp3) is 0.364. The Balaban J connectivity index is 1.54. The molecule has 1 fully saturated rings. The summed E-state index contributed by atoms with van der Waals surface area (Å²) in [5, 5.41) is 5.66. The van der Waals surface area contributed by atoms with E-state index < -0.39 is 0 Å². The van der Waals surface area contributed by atoms with Crippen LogP contribution in [0.5, 0.6) is 0 Å². The number of rotatable bonds is 7. The first-order valence-corrected chi connectivity index (χ1v) is 9.62. The van der Waals surface area contributed by atoms with Gasteiger partial charge in [-0.1, -0.05) is 48.5 Å². The normalized spacial score (nSPS) is 15.6. The molecule has 2 aromatic carbocycles. The minimum absolute atomic E-state index is 0.0439. The fourth-order valence-corrected chi connectivity index (χ4v) is 3.38. The number of nitrogens with one attached hydrogen (secondary N) is 2. The molecule has 0 bridgehead atoms. The van der Waals surface area contributed by atoms with Crippen LogP contribution in [0, 0.1) is 6.92 Å². The number of carbonyl (C=O) groups is 2. The second-order valence-electron chi connectivity index (χ2n) is 6.88. The Bertz CT molecular complexity index is 789. The summed E-state index contributed by atoms with van der Waals surface area (Å²) in [6.45, 7) is 5.38. The molecule has 3 rings (SSSR count). The third kappa shape index (κ3) is 5.41. The quantitative estimate of drug-likeness (QED) is 0.769. The van der Waals surface area contributed by atoms with Crippen molar-refractivity contribution in [1.29, 1.82) is 0 Å². The summed E-state index contributed by atoms with van der Waals surface area (Å²) in [6, 6.07) is 17.6. The van der Waals surface area contributed by atoms with Crippen LogP contribution in [-0.2, 0) is 9.53 Å². The molecule has 1 aliphatic heterocycles. The highest BCUT2D eigenvalue weighted by atomic mass is 16.5. The van der Waals surface area contributed by atoms with Gasteiger partial charge in [0.25, 0.3) is 5.91 Å². The van der Waals surface area contributed by atoms with Crippen molar-refractivity contribution in [1.82, 2.24) is 15.5 Å². The molecule has 0 aliphatic carbocycles. The van der Waals surface area contributed by atoms with E-state index in [9.17, 15) is 9.59 Å². The highest BCUT2D eigenvalue weighted by Gasteiger charge is 2.23. The molecule has 0 aromatic heterocycles. The largest absolute Gasteiger partial charge is 0.379 e. The maximum absolute atomic E-state index is 12.3. The summed E-state index contributed by atoms with van der Waals surface area (Å²) in [6.07, 6.45) is 0. The van der Waals surface area contributed by atoms with Crippen molar-refractivity contribution in [2.75, 3.05) is 39.4 Å². The Morgan fingerprint density at radius 2 is 1.68 bits per heavy atom. The lowest BCUT2D eigenvalue weighted by atomic mass is 10.0. The van der Waals surface area contributed by atoms with Crippen LogP contribution in [0.1, 0.15) is 27.5 Å². The van der Waals surface area contributed by atoms with Crippen LogP contribution in [0.4, 0.5) is 0 Å². The van der Waals surface area contributed by atoms with Crippen molar-refractivity contribution in [3.05, 3.63) is 71.3 Å². The Morgan fingerprint density at radius 1 is 1.00 bits per heavy atom. The fourth-order valence-electron chi connectivity index (χ4n) is 3.38. The zero-order valence-electron chi connectivity index (χ0n) is 16.2. The van der Waals surface area contributed by atoms with E-state index in [1.165, 1.54) is 0 Å². The van der Waals surface area contributed by atoms with Gasteiger partial charge in [0.15, 0.2) is 0 Å². The SMILES string of the molecule is Cc1ccccc1C(=O)NCC(=O)NCC(c1ccccc1)N1CCOCC1. The van der Waals surface area contributed by atoms with Crippen molar-refractivity contribution < 1.29 is 14.3 Å². The van der Waals surface area contributed by atoms with E-state index in [4.69, 9.17) is 4.74 Å². The molecule has 0 radical (unpaired) electrons. The van der Waals surface area contributed by atoms with E-state index in [1.54, 1.807) is 6.07 Å². The highest BCUT2D eigenvalue weighted by molar-refractivity contribution is 5.97. The van der Waals surface area contributed by atoms with E-state index in [2.05, 4.69) is 27.7 Å². The molecule has 2 amide bonds. The third-order valence-corrected chi connectivity index (χ3v) is 4.96. The predicted molar refractivity (Wildman–Crippen MR) is 108 cm³/mol. The van der Waals surface area contributed by atoms with E-state index in [0.717, 1.165) is 24.2 Å². The first-order valence-electron chi connectivity index (χ1n) is 9.62. The van der Waals surface area contributed by atoms with E-state index in [-0.39, 0.29) is 24.4 Å². The number of hydrogen-bond acceptors (Lipinski definition) is 4. The van der Waals surface area contributed by atoms with Crippen molar-refractivity contribution >= 4 is 11.8 Å². The van der Waals surface area contributed by atoms with Gasteiger partial charge >= 0.3 is 0 Å². The zero-order chi connectivity index (χ0) is 19.8. The van der Waals surface area contributed by atoms with Crippen molar-refractivity contribution in [2.45, 2.75) is 13.0 Å². The van der Waals surface area contributed by atoms with Gasteiger partial charge in [0.05, 0.1) is 25.8 Å². The van der Waals surface area contributed by atoms with Gasteiger partial charge in [-0.15, -0.1) is 0 Å². The number of amides is 2.